The Kier molecular flexibility index (Phi) is 10.6. The molecular formula is C30H39N3O6S. The van der Waals surface area contributed by atoms with Gasteiger partial charge in [0.1, 0.15) is 24.3 Å². The van der Waals surface area contributed by atoms with E-state index in [9.17, 15) is 19.2 Å². The monoisotopic (exact) mass is 569 g/mol. The molecule has 0 saturated carbocycles. The number of alkyl carbamates (subject to hydrolysis) is 1. The van der Waals surface area contributed by atoms with Gasteiger partial charge in [-0.25, -0.2) is 9.59 Å². The quantitative estimate of drug-likeness (QED) is 0.211. The van der Waals surface area contributed by atoms with Crippen LogP contribution in [0.4, 0.5) is 4.79 Å². The molecule has 1 aliphatic rings. The highest BCUT2D eigenvalue weighted by molar-refractivity contribution is 7.99. The number of carbonyl (C=O) groups excluding carboxylic acids is 4. The number of rotatable bonds is 11. The maximum absolute atomic E-state index is 13.3. The number of thioether (sulfide) groups is 1. The van der Waals surface area contributed by atoms with Gasteiger partial charge in [0.05, 0.1) is 5.88 Å². The predicted molar refractivity (Wildman–Crippen MR) is 156 cm³/mol. The minimum absolute atomic E-state index is 0.0970. The number of nitrogens with one attached hydrogen (secondary N) is 3. The molecule has 0 unspecified atom stereocenters. The highest BCUT2D eigenvalue weighted by Crippen LogP contribution is 2.44. The van der Waals surface area contributed by atoms with Crippen LogP contribution in [0.5, 0.6) is 0 Å². The molecule has 0 aromatic heterocycles. The normalized spacial score (nSPS) is 14.0. The smallest absolute Gasteiger partial charge is 0.407 e. The van der Waals surface area contributed by atoms with Gasteiger partial charge in [-0.2, -0.15) is 0 Å². The Morgan fingerprint density at radius 3 is 2.02 bits per heavy atom. The lowest BCUT2D eigenvalue weighted by Crippen LogP contribution is -2.55. The molecule has 0 spiro atoms. The van der Waals surface area contributed by atoms with Crippen LogP contribution in [0.1, 0.15) is 58.6 Å². The van der Waals surface area contributed by atoms with Gasteiger partial charge in [-0.3, -0.25) is 9.59 Å². The summed E-state index contributed by atoms with van der Waals surface area (Å²) in [5.41, 5.74) is 3.66. The summed E-state index contributed by atoms with van der Waals surface area (Å²) in [5.74, 6) is -1.28. The molecule has 3 rings (SSSR count). The van der Waals surface area contributed by atoms with E-state index in [4.69, 9.17) is 9.47 Å². The third kappa shape index (κ3) is 8.48. The molecule has 0 bridgehead atoms. The lowest BCUT2D eigenvalue weighted by atomic mass is 9.98. The van der Waals surface area contributed by atoms with Crippen molar-refractivity contribution in [3.63, 3.8) is 0 Å². The third-order valence-electron chi connectivity index (χ3n) is 6.29. The van der Waals surface area contributed by atoms with E-state index in [2.05, 4.69) is 28.1 Å². The summed E-state index contributed by atoms with van der Waals surface area (Å²) in [7, 11) is 0. The van der Waals surface area contributed by atoms with Crippen LogP contribution in [-0.4, -0.2) is 59.8 Å². The first-order valence-electron chi connectivity index (χ1n) is 13.3. The van der Waals surface area contributed by atoms with Gasteiger partial charge in [-0.15, -0.1) is 11.8 Å². The molecule has 3 amide bonds. The summed E-state index contributed by atoms with van der Waals surface area (Å²) < 4.78 is 11.1. The van der Waals surface area contributed by atoms with Crippen molar-refractivity contribution in [3.05, 3.63) is 59.7 Å². The van der Waals surface area contributed by atoms with E-state index in [-0.39, 0.29) is 36.0 Å². The van der Waals surface area contributed by atoms with Crippen molar-refractivity contribution in [1.82, 2.24) is 16.0 Å². The highest BCUT2D eigenvalue weighted by atomic mass is 32.2. The van der Waals surface area contributed by atoms with Crippen LogP contribution in [0, 0.1) is 5.92 Å². The maximum Gasteiger partial charge on any atom is 0.407 e. The average molecular weight is 570 g/mol. The van der Waals surface area contributed by atoms with Crippen molar-refractivity contribution in [1.29, 1.82) is 0 Å². The van der Waals surface area contributed by atoms with Crippen LogP contribution in [0.25, 0.3) is 11.1 Å². The van der Waals surface area contributed by atoms with E-state index < -0.39 is 35.7 Å². The second-order valence-corrected chi connectivity index (χ2v) is 12.1. The topological polar surface area (TPSA) is 123 Å². The van der Waals surface area contributed by atoms with Crippen molar-refractivity contribution in [2.24, 2.45) is 5.92 Å². The van der Waals surface area contributed by atoms with Crippen molar-refractivity contribution < 1.29 is 28.7 Å². The van der Waals surface area contributed by atoms with Crippen LogP contribution >= 0.6 is 11.8 Å². The summed E-state index contributed by atoms with van der Waals surface area (Å²) in [6.07, 6.45) is -0.750. The van der Waals surface area contributed by atoms with Crippen LogP contribution in [-0.2, 0) is 23.9 Å². The second-order valence-electron chi connectivity index (χ2n) is 11.0. The first-order chi connectivity index (χ1) is 18.9. The number of ether oxygens (including phenoxy) is 2. The van der Waals surface area contributed by atoms with Gasteiger partial charge in [0.2, 0.25) is 11.8 Å². The van der Waals surface area contributed by atoms with Crippen LogP contribution in [0.2, 0.25) is 0 Å². The number of benzene rings is 2. The lowest BCUT2D eigenvalue weighted by molar-refractivity contribution is -0.160. The van der Waals surface area contributed by atoms with E-state index in [1.54, 1.807) is 34.6 Å². The molecule has 0 radical (unpaired) electrons. The zero-order valence-corrected chi connectivity index (χ0v) is 24.7. The molecule has 40 heavy (non-hydrogen) atoms. The van der Waals surface area contributed by atoms with E-state index in [1.807, 2.05) is 36.4 Å². The van der Waals surface area contributed by atoms with E-state index in [0.717, 1.165) is 22.3 Å². The minimum Gasteiger partial charge on any atom is -0.458 e. The number of esters is 1. The van der Waals surface area contributed by atoms with E-state index >= 15 is 0 Å². The lowest BCUT2D eigenvalue weighted by Gasteiger charge is -2.28. The van der Waals surface area contributed by atoms with E-state index in [1.165, 1.54) is 18.7 Å². The van der Waals surface area contributed by atoms with Gasteiger partial charge in [-0.1, -0.05) is 62.4 Å². The SMILES string of the molecule is CC(=O)NCSC[C@H](NC(=O)OCC1c2ccccc2-c2ccccc21)C(=O)N[C@H](C(=O)OC(C)(C)C)C(C)C. The van der Waals surface area contributed by atoms with Crippen molar-refractivity contribution >= 4 is 35.6 Å². The fraction of sp³-hybridized carbons (Fsp3) is 0.467. The van der Waals surface area contributed by atoms with Crippen LogP contribution in [0.15, 0.2) is 48.5 Å². The summed E-state index contributed by atoms with van der Waals surface area (Å²) in [6, 6.07) is 14.1. The Morgan fingerprint density at radius 2 is 1.50 bits per heavy atom. The van der Waals surface area contributed by atoms with Gasteiger partial charge < -0.3 is 25.4 Å². The fourth-order valence-electron chi connectivity index (χ4n) is 4.41. The largest absolute Gasteiger partial charge is 0.458 e. The standard InChI is InChI=1S/C30H39N3O6S/c1-18(2)26(28(36)39-30(4,5)6)33-27(35)25(16-40-17-31-19(3)34)32-29(37)38-15-24-22-13-9-7-11-20(22)21-12-8-10-14-23(21)24/h7-14,18,24-26H,15-17H2,1-6H3,(H,31,34)(H,32,37)(H,33,35)/t25-,26-/m0/s1. The van der Waals surface area contributed by atoms with Gasteiger partial charge >= 0.3 is 12.1 Å². The maximum atomic E-state index is 13.3. The Balaban J connectivity index is 1.69. The van der Waals surface area contributed by atoms with Crippen LogP contribution in [0.3, 0.4) is 0 Å². The molecule has 0 fully saturated rings. The molecule has 0 saturated heterocycles. The number of amides is 3. The van der Waals surface area contributed by atoms with E-state index in [0.29, 0.717) is 0 Å². The molecule has 0 heterocycles. The molecule has 10 heteroatoms. The molecule has 2 atom stereocenters. The number of carbonyl (C=O) groups is 4. The molecule has 2 aromatic carbocycles. The molecule has 1 aliphatic carbocycles. The van der Waals surface area contributed by atoms with Crippen molar-refractivity contribution in [2.45, 2.75) is 65.1 Å². The highest BCUT2D eigenvalue weighted by Gasteiger charge is 2.33. The van der Waals surface area contributed by atoms with Gasteiger partial charge in [-0.05, 0) is 48.9 Å². The Morgan fingerprint density at radius 1 is 0.925 bits per heavy atom. The number of hydrogen-bond donors (Lipinski definition) is 3. The zero-order chi connectivity index (χ0) is 29.4. The average Bonchev–Trinajstić information content (AvgIpc) is 3.20. The van der Waals surface area contributed by atoms with Crippen molar-refractivity contribution in [3.8, 4) is 11.1 Å². The molecule has 2 aromatic rings. The van der Waals surface area contributed by atoms with Gasteiger partial charge in [0.15, 0.2) is 0 Å². The molecule has 216 valence electrons. The molecule has 3 N–H and O–H groups in total. The van der Waals surface area contributed by atoms with Gasteiger partial charge in [0.25, 0.3) is 0 Å². The third-order valence-corrected chi connectivity index (χ3v) is 7.20. The second kappa shape index (κ2) is 13.7. The number of hydrogen-bond acceptors (Lipinski definition) is 7. The number of fused-ring (bicyclic) bond motifs is 3. The minimum atomic E-state index is -1.02. The summed E-state index contributed by atoms with van der Waals surface area (Å²) in [4.78, 5) is 50.2. The summed E-state index contributed by atoms with van der Waals surface area (Å²) in [6.45, 7) is 10.4. The summed E-state index contributed by atoms with van der Waals surface area (Å²) in [5, 5.41) is 8.03. The van der Waals surface area contributed by atoms with Crippen molar-refractivity contribution in [2.75, 3.05) is 18.2 Å². The first kappa shape index (κ1) is 31.0. The van der Waals surface area contributed by atoms with Gasteiger partial charge in [0, 0.05) is 18.6 Å². The molecular weight excluding hydrogens is 530 g/mol. The predicted octanol–water partition coefficient (Wildman–Crippen LogP) is 4.20. The first-order valence-corrected chi connectivity index (χ1v) is 14.5. The summed E-state index contributed by atoms with van der Waals surface area (Å²) >= 11 is 1.26. The zero-order valence-electron chi connectivity index (χ0n) is 23.9. The molecule has 9 nitrogen and oxygen atoms in total. The molecule has 0 aliphatic heterocycles. The van der Waals surface area contributed by atoms with Crippen LogP contribution < -0.4 is 16.0 Å². The Hall–Kier alpha value is -3.53. The Labute approximate surface area is 240 Å². The fourth-order valence-corrected chi connectivity index (χ4v) is 5.31. The Bertz CT molecular complexity index is 1180.